The Labute approximate surface area is 72.2 Å². The molecular formula is C8H15N3O. The molecular weight excluding hydrogens is 154 g/mol. The zero-order chi connectivity index (χ0) is 9.35. The molecule has 4 nitrogen and oxygen atoms in total. The largest absolute Gasteiger partial charge is 0.384 e. The quantitative estimate of drug-likeness (QED) is 0.721. The molecule has 1 N–H and O–H groups in total. The molecule has 0 aliphatic heterocycles. The highest BCUT2D eigenvalue weighted by Gasteiger charge is 2.22. The first-order valence-electron chi connectivity index (χ1n) is 4.06. The van der Waals surface area contributed by atoms with Crippen LogP contribution in [0.1, 0.15) is 39.4 Å². The van der Waals surface area contributed by atoms with Crippen LogP contribution in [0, 0.1) is 0 Å². The van der Waals surface area contributed by atoms with Gasteiger partial charge < -0.3 is 5.11 Å². The van der Waals surface area contributed by atoms with Crippen molar-refractivity contribution in [2.24, 2.45) is 0 Å². The van der Waals surface area contributed by atoms with Crippen molar-refractivity contribution in [1.82, 2.24) is 15.0 Å². The number of aromatic nitrogens is 3. The minimum absolute atomic E-state index is 0.230. The van der Waals surface area contributed by atoms with Gasteiger partial charge in [-0.1, -0.05) is 5.21 Å². The second kappa shape index (κ2) is 2.86. The third-order valence-corrected chi connectivity index (χ3v) is 1.69. The minimum atomic E-state index is -0.867. The predicted octanol–water partition coefficient (Wildman–Crippen LogP) is 1.09. The van der Waals surface area contributed by atoms with Crippen molar-refractivity contribution < 1.29 is 5.11 Å². The molecule has 0 saturated heterocycles. The Kier molecular flexibility index (Phi) is 2.19. The molecule has 0 fully saturated rings. The van der Waals surface area contributed by atoms with E-state index in [1.54, 1.807) is 24.7 Å². The van der Waals surface area contributed by atoms with Crippen LogP contribution in [0.5, 0.6) is 0 Å². The lowest BCUT2D eigenvalue weighted by Crippen LogP contribution is -2.22. The van der Waals surface area contributed by atoms with Crippen LogP contribution in [0.4, 0.5) is 0 Å². The summed E-state index contributed by atoms with van der Waals surface area (Å²) in [6, 6.07) is 0.230. The standard InChI is InChI=1S/C8H15N3O/c1-6(2)11-7(5-9-10-11)8(3,4)12/h5-6,12H,1-4H3. The predicted molar refractivity (Wildman–Crippen MR) is 45.7 cm³/mol. The molecule has 4 heteroatoms. The van der Waals surface area contributed by atoms with Gasteiger partial charge in [-0.3, -0.25) is 0 Å². The van der Waals surface area contributed by atoms with E-state index in [9.17, 15) is 5.11 Å². The number of aliphatic hydroxyl groups is 1. The Hall–Kier alpha value is -0.900. The van der Waals surface area contributed by atoms with E-state index in [1.807, 2.05) is 13.8 Å². The Morgan fingerprint density at radius 1 is 1.50 bits per heavy atom. The molecule has 0 saturated carbocycles. The number of nitrogens with zero attached hydrogens (tertiary/aromatic N) is 3. The molecule has 0 unspecified atom stereocenters. The van der Waals surface area contributed by atoms with Crippen molar-refractivity contribution >= 4 is 0 Å². The fourth-order valence-corrected chi connectivity index (χ4v) is 1.06. The van der Waals surface area contributed by atoms with E-state index >= 15 is 0 Å². The summed E-state index contributed by atoms with van der Waals surface area (Å²) in [5.74, 6) is 0. The normalized spacial score (nSPS) is 12.5. The summed E-state index contributed by atoms with van der Waals surface area (Å²) < 4.78 is 1.72. The van der Waals surface area contributed by atoms with Crippen LogP contribution < -0.4 is 0 Å². The first-order chi connectivity index (χ1) is 5.43. The van der Waals surface area contributed by atoms with Gasteiger partial charge in [0.2, 0.25) is 0 Å². The Balaban J connectivity index is 3.08. The molecule has 0 aliphatic carbocycles. The van der Waals surface area contributed by atoms with E-state index in [0.29, 0.717) is 0 Å². The lowest BCUT2D eigenvalue weighted by Gasteiger charge is -2.19. The maximum atomic E-state index is 9.71. The van der Waals surface area contributed by atoms with E-state index in [-0.39, 0.29) is 6.04 Å². The van der Waals surface area contributed by atoms with Crippen molar-refractivity contribution in [2.45, 2.75) is 39.3 Å². The van der Waals surface area contributed by atoms with E-state index in [0.717, 1.165) is 5.69 Å². The SMILES string of the molecule is CC(C)n1nncc1C(C)(C)O. The van der Waals surface area contributed by atoms with Gasteiger partial charge in [-0.25, -0.2) is 4.68 Å². The molecule has 0 bridgehead atoms. The summed E-state index contributed by atoms with van der Waals surface area (Å²) in [7, 11) is 0. The minimum Gasteiger partial charge on any atom is -0.384 e. The smallest absolute Gasteiger partial charge is 0.102 e. The van der Waals surface area contributed by atoms with Crippen LogP contribution >= 0.6 is 0 Å². The van der Waals surface area contributed by atoms with Crippen molar-refractivity contribution in [3.8, 4) is 0 Å². The van der Waals surface area contributed by atoms with Crippen LogP contribution in [0.25, 0.3) is 0 Å². The summed E-state index contributed by atoms with van der Waals surface area (Å²) in [5, 5.41) is 17.4. The Bertz CT molecular complexity index is 260. The summed E-state index contributed by atoms with van der Waals surface area (Å²) in [5.41, 5.74) is -0.120. The maximum absolute atomic E-state index is 9.71. The van der Waals surface area contributed by atoms with Crippen LogP contribution in [0.3, 0.4) is 0 Å². The second-order valence-electron chi connectivity index (χ2n) is 3.72. The Morgan fingerprint density at radius 3 is 2.42 bits per heavy atom. The number of hydrogen-bond acceptors (Lipinski definition) is 3. The summed E-state index contributed by atoms with van der Waals surface area (Å²) in [4.78, 5) is 0. The highest BCUT2D eigenvalue weighted by molar-refractivity contribution is 5.05. The second-order valence-corrected chi connectivity index (χ2v) is 3.72. The van der Waals surface area contributed by atoms with Crippen molar-refractivity contribution in [3.05, 3.63) is 11.9 Å². The van der Waals surface area contributed by atoms with E-state index in [4.69, 9.17) is 0 Å². The van der Waals surface area contributed by atoms with Gasteiger partial charge in [0.1, 0.15) is 5.60 Å². The van der Waals surface area contributed by atoms with Gasteiger partial charge in [-0.15, -0.1) is 5.10 Å². The van der Waals surface area contributed by atoms with Crippen molar-refractivity contribution in [1.29, 1.82) is 0 Å². The molecule has 1 aromatic heterocycles. The highest BCUT2D eigenvalue weighted by atomic mass is 16.3. The first kappa shape index (κ1) is 9.19. The average Bonchev–Trinajstić information content (AvgIpc) is 2.30. The Morgan fingerprint density at radius 2 is 2.08 bits per heavy atom. The van der Waals surface area contributed by atoms with Gasteiger partial charge in [0.25, 0.3) is 0 Å². The third kappa shape index (κ3) is 1.64. The summed E-state index contributed by atoms with van der Waals surface area (Å²) in [6.07, 6.45) is 1.60. The van der Waals surface area contributed by atoms with Crippen LogP contribution in [0.2, 0.25) is 0 Å². The van der Waals surface area contributed by atoms with E-state index < -0.39 is 5.60 Å². The molecule has 1 rings (SSSR count). The summed E-state index contributed by atoms with van der Waals surface area (Å²) >= 11 is 0. The van der Waals surface area contributed by atoms with Crippen molar-refractivity contribution in [2.75, 3.05) is 0 Å². The molecule has 0 amide bonds. The highest BCUT2D eigenvalue weighted by Crippen LogP contribution is 2.20. The van der Waals surface area contributed by atoms with Crippen LogP contribution in [-0.4, -0.2) is 20.1 Å². The van der Waals surface area contributed by atoms with Gasteiger partial charge >= 0.3 is 0 Å². The monoisotopic (exact) mass is 169 g/mol. The fourth-order valence-electron chi connectivity index (χ4n) is 1.06. The molecule has 1 heterocycles. The molecule has 0 aliphatic rings. The van der Waals surface area contributed by atoms with Gasteiger partial charge in [0.15, 0.2) is 0 Å². The maximum Gasteiger partial charge on any atom is 0.102 e. The molecule has 1 aromatic rings. The van der Waals surface area contributed by atoms with Gasteiger partial charge in [-0.2, -0.15) is 0 Å². The van der Waals surface area contributed by atoms with Gasteiger partial charge in [0, 0.05) is 6.04 Å². The van der Waals surface area contributed by atoms with Gasteiger partial charge in [-0.05, 0) is 27.7 Å². The van der Waals surface area contributed by atoms with Gasteiger partial charge in [0.05, 0.1) is 11.9 Å². The molecule has 0 aromatic carbocycles. The van der Waals surface area contributed by atoms with E-state index in [1.165, 1.54) is 0 Å². The molecule has 0 spiro atoms. The van der Waals surface area contributed by atoms with Crippen LogP contribution in [0.15, 0.2) is 6.20 Å². The molecule has 0 radical (unpaired) electrons. The molecule has 12 heavy (non-hydrogen) atoms. The summed E-state index contributed by atoms with van der Waals surface area (Å²) in [6.45, 7) is 7.46. The fraction of sp³-hybridized carbons (Fsp3) is 0.750. The number of hydrogen-bond donors (Lipinski definition) is 1. The zero-order valence-electron chi connectivity index (χ0n) is 7.94. The molecule has 0 atom stereocenters. The zero-order valence-corrected chi connectivity index (χ0v) is 7.94. The lowest BCUT2D eigenvalue weighted by atomic mass is 10.1. The van der Waals surface area contributed by atoms with Crippen LogP contribution in [-0.2, 0) is 5.60 Å². The first-order valence-corrected chi connectivity index (χ1v) is 4.06. The lowest BCUT2D eigenvalue weighted by molar-refractivity contribution is 0.0669. The number of rotatable bonds is 2. The van der Waals surface area contributed by atoms with E-state index in [2.05, 4.69) is 10.3 Å². The van der Waals surface area contributed by atoms with Crippen molar-refractivity contribution in [3.63, 3.8) is 0 Å². The molecule has 68 valence electrons. The topological polar surface area (TPSA) is 50.9 Å². The third-order valence-electron chi connectivity index (χ3n) is 1.69. The average molecular weight is 169 g/mol.